The van der Waals surface area contributed by atoms with Crippen molar-refractivity contribution in [2.45, 2.75) is 6.04 Å². The van der Waals surface area contributed by atoms with Gasteiger partial charge >= 0.3 is 5.97 Å². The minimum Gasteiger partial charge on any atom is -0.480 e. The van der Waals surface area contributed by atoms with Crippen LogP contribution in [0.5, 0.6) is 0 Å². The first-order valence-electron chi connectivity index (χ1n) is 6.73. The Morgan fingerprint density at radius 3 is 2.14 bits per heavy atom. The second kappa shape index (κ2) is 5.38. The first-order chi connectivity index (χ1) is 10.1. The molecule has 104 valence electrons. The number of fused-ring (bicyclic) bond motifs is 1. The molecule has 0 fully saturated rings. The summed E-state index contributed by atoms with van der Waals surface area (Å²) >= 11 is 0. The van der Waals surface area contributed by atoms with Crippen molar-refractivity contribution in [2.75, 3.05) is 0 Å². The van der Waals surface area contributed by atoms with Crippen molar-refractivity contribution < 1.29 is 9.90 Å². The number of nitrogens with two attached hydrogens (primary N) is 1. The van der Waals surface area contributed by atoms with Crippen molar-refractivity contribution in [1.29, 1.82) is 0 Å². The van der Waals surface area contributed by atoms with Crippen molar-refractivity contribution in [3.63, 3.8) is 0 Å². The number of aliphatic carboxylic acids is 1. The number of carbonyl (C=O) groups is 1. The third-order valence-electron chi connectivity index (χ3n) is 3.62. The van der Waals surface area contributed by atoms with Gasteiger partial charge in [0.05, 0.1) is 0 Å². The zero-order chi connectivity index (χ0) is 14.8. The molecule has 0 spiro atoms. The molecule has 21 heavy (non-hydrogen) atoms. The maximum Gasteiger partial charge on any atom is 0.325 e. The summed E-state index contributed by atoms with van der Waals surface area (Å²) in [5.41, 5.74) is 8.35. The van der Waals surface area contributed by atoms with Gasteiger partial charge in [-0.15, -0.1) is 0 Å². The van der Waals surface area contributed by atoms with Crippen LogP contribution in [0.1, 0.15) is 11.6 Å². The van der Waals surface area contributed by atoms with Crippen LogP contribution in [0.4, 0.5) is 0 Å². The molecule has 3 aromatic carbocycles. The third kappa shape index (κ3) is 2.64. The Kier molecular flexibility index (Phi) is 3.42. The predicted octanol–water partition coefficient (Wildman–Crippen LogP) is 3.59. The second-order valence-corrected chi connectivity index (χ2v) is 5.00. The quantitative estimate of drug-likeness (QED) is 0.769. The summed E-state index contributed by atoms with van der Waals surface area (Å²) in [7, 11) is 0. The largest absolute Gasteiger partial charge is 0.480 e. The molecule has 0 heterocycles. The molecule has 0 radical (unpaired) electrons. The molecule has 0 amide bonds. The molecule has 3 rings (SSSR count). The number of hydrogen-bond acceptors (Lipinski definition) is 2. The van der Waals surface area contributed by atoms with Gasteiger partial charge in [0.2, 0.25) is 0 Å². The maximum absolute atomic E-state index is 10.9. The fourth-order valence-corrected chi connectivity index (χ4v) is 2.39. The molecule has 0 aliphatic heterocycles. The van der Waals surface area contributed by atoms with E-state index in [1.165, 1.54) is 10.8 Å². The van der Waals surface area contributed by atoms with E-state index in [-0.39, 0.29) is 0 Å². The predicted molar refractivity (Wildman–Crippen MR) is 83.9 cm³/mol. The Balaban J connectivity index is 1.97. The van der Waals surface area contributed by atoms with Crippen LogP contribution in [0.15, 0.2) is 66.7 Å². The minimum absolute atomic E-state index is 0.604. The summed E-state index contributed by atoms with van der Waals surface area (Å²) in [5, 5.41) is 11.3. The highest BCUT2D eigenvalue weighted by molar-refractivity contribution is 5.87. The fraction of sp³-hybridized carbons (Fsp3) is 0.0556. The summed E-state index contributed by atoms with van der Waals surface area (Å²) in [6.45, 7) is 0. The van der Waals surface area contributed by atoms with Gasteiger partial charge in [0.25, 0.3) is 0 Å². The molecule has 0 saturated heterocycles. The number of benzene rings is 3. The van der Waals surface area contributed by atoms with Crippen molar-refractivity contribution in [3.8, 4) is 11.1 Å². The van der Waals surface area contributed by atoms with Crippen molar-refractivity contribution in [2.24, 2.45) is 5.73 Å². The van der Waals surface area contributed by atoms with E-state index in [1.54, 1.807) is 12.1 Å². The molecule has 0 unspecified atom stereocenters. The van der Waals surface area contributed by atoms with Gasteiger partial charge in [0.1, 0.15) is 6.04 Å². The van der Waals surface area contributed by atoms with Crippen LogP contribution in [0.3, 0.4) is 0 Å². The first kappa shape index (κ1) is 13.3. The molecule has 3 N–H and O–H groups in total. The van der Waals surface area contributed by atoms with Gasteiger partial charge < -0.3 is 10.8 Å². The average Bonchev–Trinajstić information content (AvgIpc) is 2.54. The number of rotatable bonds is 3. The summed E-state index contributed by atoms with van der Waals surface area (Å²) in [6, 6.07) is 20.8. The number of hydrogen-bond donors (Lipinski definition) is 2. The van der Waals surface area contributed by atoms with E-state index < -0.39 is 12.0 Å². The van der Waals surface area contributed by atoms with E-state index in [4.69, 9.17) is 10.8 Å². The fourth-order valence-electron chi connectivity index (χ4n) is 2.39. The molecule has 0 saturated carbocycles. The molecular weight excluding hydrogens is 262 g/mol. The maximum atomic E-state index is 10.9. The lowest BCUT2D eigenvalue weighted by molar-refractivity contribution is -0.138. The lowest BCUT2D eigenvalue weighted by atomic mass is 9.99. The van der Waals surface area contributed by atoms with Crippen LogP contribution in [-0.2, 0) is 4.79 Å². The van der Waals surface area contributed by atoms with E-state index in [9.17, 15) is 4.79 Å². The van der Waals surface area contributed by atoms with Crippen LogP contribution < -0.4 is 5.73 Å². The lowest BCUT2D eigenvalue weighted by Gasteiger charge is -2.09. The summed E-state index contributed by atoms with van der Waals surface area (Å²) in [6.07, 6.45) is 0. The van der Waals surface area contributed by atoms with Crippen molar-refractivity contribution in [1.82, 2.24) is 0 Å². The average molecular weight is 277 g/mol. The Labute approximate surface area is 122 Å². The monoisotopic (exact) mass is 277 g/mol. The highest BCUT2D eigenvalue weighted by atomic mass is 16.4. The van der Waals surface area contributed by atoms with Crippen molar-refractivity contribution >= 4 is 16.7 Å². The van der Waals surface area contributed by atoms with Crippen LogP contribution in [0.2, 0.25) is 0 Å². The smallest absolute Gasteiger partial charge is 0.325 e. The standard InChI is InChI=1S/C18H15NO2/c19-17(18(20)21)14-8-5-13(6-9-14)16-10-7-12-3-1-2-4-15(12)11-16/h1-11,17H,19H2,(H,20,21)/t17-/m0/s1. The van der Waals surface area contributed by atoms with E-state index >= 15 is 0 Å². The molecule has 3 aromatic rings. The zero-order valence-corrected chi connectivity index (χ0v) is 11.4. The third-order valence-corrected chi connectivity index (χ3v) is 3.62. The summed E-state index contributed by atoms with van der Waals surface area (Å²) in [5.74, 6) is -1.02. The van der Waals surface area contributed by atoms with Gasteiger partial charge in [-0.3, -0.25) is 4.79 Å². The molecule has 0 bridgehead atoms. The van der Waals surface area contributed by atoms with E-state index in [2.05, 4.69) is 30.3 Å². The normalized spacial score (nSPS) is 12.2. The molecule has 3 nitrogen and oxygen atoms in total. The van der Waals surface area contributed by atoms with E-state index in [1.807, 2.05) is 24.3 Å². The van der Waals surface area contributed by atoms with Gasteiger partial charge in [-0.2, -0.15) is 0 Å². The Hall–Kier alpha value is -2.65. The van der Waals surface area contributed by atoms with E-state index in [0.717, 1.165) is 11.1 Å². The highest BCUT2D eigenvalue weighted by Crippen LogP contribution is 2.25. The molecule has 0 aromatic heterocycles. The Bertz CT molecular complexity index is 794. The van der Waals surface area contributed by atoms with Crippen LogP contribution in [0.25, 0.3) is 21.9 Å². The van der Waals surface area contributed by atoms with Crippen molar-refractivity contribution in [3.05, 3.63) is 72.3 Å². The summed E-state index contributed by atoms with van der Waals surface area (Å²) in [4.78, 5) is 10.9. The van der Waals surface area contributed by atoms with E-state index in [0.29, 0.717) is 5.56 Å². The van der Waals surface area contributed by atoms with Gasteiger partial charge in [-0.05, 0) is 33.5 Å². The van der Waals surface area contributed by atoms with Gasteiger partial charge in [0, 0.05) is 0 Å². The molecule has 0 aliphatic carbocycles. The first-order valence-corrected chi connectivity index (χ1v) is 6.73. The Morgan fingerprint density at radius 2 is 1.48 bits per heavy atom. The van der Waals surface area contributed by atoms with Gasteiger partial charge in [-0.1, -0.05) is 60.7 Å². The van der Waals surface area contributed by atoms with Crippen LogP contribution >= 0.6 is 0 Å². The molecular formula is C18H15NO2. The lowest BCUT2D eigenvalue weighted by Crippen LogP contribution is -2.20. The topological polar surface area (TPSA) is 63.3 Å². The molecule has 0 aliphatic rings. The molecule has 3 heteroatoms. The second-order valence-electron chi connectivity index (χ2n) is 5.00. The van der Waals surface area contributed by atoms with Gasteiger partial charge in [0.15, 0.2) is 0 Å². The summed E-state index contributed by atoms with van der Waals surface area (Å²) < 4.78 is 0. The SMILES string of the molecule is N[C@H](C(=O)O)c1ccc(-c2ccc3ccccc3c2)cc1. The number of carboxylic acids is 1. The highest BCUT2D eigenvalue weighted by Gasteiger charge is 2.13. The Morgan fingerprint density at radius 1 is 0.857 bits per heavy atom. The molecule has 1 atom stereocenters. The zero-order valence-electron chi connectivity index (χ0n) is 11.4. The van der Waals surface area contributed by atoms with Crippen LogP contribution in [-0.4, -0.2) is 11.1 Å². The van der Waals surface area contributed by atoms with Gasteiger partial charge in [-0.25, -0.2) is 0 Å². The minimum atomic E-state index is -1.02. The van der Waals surface area contributed by atoms with Crippen LogP contribution in [0, 0.1) is 0 Å². The number of carboxylic acid groups (broad SMARTS) is 1.